The summed E-state index contributed by atoms with van der Waals surface area (Å²) in [6.07, 6.45) is 7.52. The summed E-state index contributed by atoms with van der Waals surface area (Å²) in [5.41, 5.74) is 1.45. The summed E-state index contributed by atoms with van der Waals surface area (Å²) in [7, 11) is 1.77. The molecule has 1 fully saturated rings. The lowest BCUT2D eigenvalue weighted by Gasteiger charge is -2.34. The molecule has 0 aromatic carbocycles. The van der Waals surface area contributed by atoms with Crippen LogP contribution in [0.2, 0.25) is 0 Å². The third-order valence-corrected chi connectivity index (χ3v) is 5.30. The van der Waals surface area contributed by atoms with Crippen molar-refractivity contribution in [2.45, 2.75) is 45.3 Å². The molecular formula is C19H29BrN6O2. The monoisotopic (exact) mass is 452 g/mol. The number of fused-ring (bicyclic) bond motifs is 1. The van der Waals surface area contributed by atoms with Gasteiger partial charge in [-0.15, -0.1) is 0 Å². The Bertz CT molecular complexity index is 810. The van der Waals surface area contributed by atoms with Gasteiger partial charge in [0.05, 0.1) is 28.8 Å². The van der Waals surface area contributed by atoms with E-state index in [9.17, 15) is 4.79 Å². The number of carbonyl (C=O) groups excluding carboxylic acids is 1. The van der Waals surface area contributed by atoms with Gasteiger partial charge in [0, 0.05) is 39.3 Å². The molecule has 0 saturated carbocycles. The molecule has 3 rings (SSSR count). The summed E-state index contributed by atoms with van der Waals surface area (Å²) in [4.78, 5) is 20.4. The third kappa shape index (κ3) is 5.35. The Morgan fingerprint density at radius 1 is 1.36 bits per heavy atom. The van der Waals surface area contributed by atoms with Crippen LogP contribution in [-0.2, 0) is 4.74 Å². The summed E-state index contributed by atoms with van der Waals surface area (Å²) in [6, 6.07) is 0.457. The molecule has 0 unspecified atom stereocenters. The molecule has 2 aromatic rings. The molecule has 0 radical (unpaired) electrons. The number of nitrogens with zero attached hydrogens (tertiary/aromatic N) is 5. The average molecular weight is 453 g/mol. The summed E-state index contributed by atoms with van der Waals surface area (Å²) >= 11 is 3.45. The number of amides is 1. The van der Waals surface area contributed by atoms with Gasteiger partial charge in [0.15, 0.2) is 5.65 Å². The average Bonchev–Trinajstić information content (AvgIpc) is 3.01. The highest BCUT2D eigenvalue weighted by Gasteiger charge is 2.22. The molecule has 3 heterocycles. The van der Waals surface area contributed by atoms with Gasteiger partial charge in [0.25, 0.3) is 0 Å². The normalized spacial score (nSPS) is 15.8. The first-order chi connectivity index (χ1) is 13.2. The van der Waals surface area contributed by atoms with Crippen LogP contribution >= 0.6 is 15.9 Å². The van der Waals surface area contributed by atoms with Crippen molar-refractivity contribution in [1.82, 2.24) is 24.8 Å². The molecule has 1 saturated heterocycles. The van der Waals surface area contributed by atoms with Crippen molar-refractivity contribution in [3.05, 3.63) is 23.1 Å². The Balaban J connectivity index is 1.42. The number of anilines is 1. The number of aromatic nitrogens is 3. The molecular weight excluding hydrogens is 424 g/mol. The Morgan fingerprint density at radius 2 is 2.07 bits per heavy atom. The van der Waals surface area contributed by atoms with Crippen LogP contribution in [0.25, 0.3) is 5.65 Å². The summed E-state index contributed by atoms with van der Waals surface area (Å²) in [6.45, 7) is 8.96. The van der Waals surface area contributed by atoms with Crippen LogP contribution in [0.4, 0.5) is 10.5 Å². The molecule has 8 nitrogen and oxygen atoms in total. The molecule has 2 aromatic heterocycles. The van der Waals surface area contributed by atoms with Crippen molar-refractivity contribution in [1.29, 1.82) is 0 Å². The highest BCUT2D eigenvalue weighted by molar-refractivity contribution is 9.10. The van der Waals surface area contributed by atoms with E-state index in [4.69, 9.17) is 4.74 Å². The van der Waals surface area contributed by atoms with Crippen molar-refractivity contribution in [3.63, 3.8) is 0 Å². The Hall–Kier alpha value is -1.87. The van der Waals surface area contributed by atoms with Gasteiger partial charge in [-0.3, -0.25) is 0 Å². The van der Waals surface area contributed by atoms with E-state index >= 15 is 0 Å². The lowest BCUT2D eigenvalue weighted by molar-refractivity contribution is 0.0299. The maximum absolute atomic E-state index is 12.0. The van der Waals surface area contributed by atoms with Gasteiger partial charge in [-0.25, -0.2) is 14.3 Å². The van der Waals surface area contributed by atoms with Crippen molar-refractivity contribution in [2.24, 2.45) is 0 Å². The van der Waals surface area contributed by atoms with E-state index in [2.05, 4.69) is 36.2 Å². The number of ether oxygens (including phenoxy) is 1. The first kappa shape index (κ1) is 20.9. The number of likely N-dealkylation sites (N-methyl/N-ethyl adjacent to an activating group) is 1. The third-order valence-electron chi connectivity index (χ3n) is 4.75. The van der Waals surface area contributed by atoms with Gasteiger partial charge in [-0.1, -0.05) is 0 Å². The maximum atomic E-state index is 12.0. The van der Waals surface area contributed by atoms with Gasteiger partial charge in [-0.05, 0) is 49.5 Å². The van der Waals surface area contributed by atoms with Crippen LogP contribution in [0.5, 0.6) is 0 Å². The maximum Gasteiger partial charge on any atom is 0.410 e. The van der Waals surface area contributed by atoms with Crippen molar-refractivity contribution < 1.29 is 9.53 Å². The minimum Gasteiger partial charge on any atom is -0.444 e. The zero-order chi connectivity index (χ0) is 20.3. The van der Waals surface area contributed by atoms with Gasteiger partial charge in [0.2, 0.25) is 0 Å². The van der Waals surface area contributed by atoms with Crippen LogP contribution in [0.1, 0.15) is 33.6 Å². The number of rotatable bonds is 5. The topological polar surface area (TPSA) is 75.0 Å². The van der Waals surface area contributed by atoms with Crippen LogP contribution in [0.15, 0.2) is 23.1 Å². The molecule has 1 N–H and O–H groups in total. The van der Waals surface area contributed by atoms with E-state index in [-0.39, 0.29) is 6.09 Å². The van der Waals surface area contributed by atoms with Gasteiger partial charge < -0.3 is 19.9 Å². The quantitative estimate of drug-likeness (QED) is 0.751. The predicted octanol–water partition coefficient (Wildman–Crippen LogP) is 2.92. The van der Waals surface area contributed by atoms with E-state index < -0.39 is 5.60 Å². The minimum atomic E-state index is -0.463. The standard InChI is InChI=1S/C19H29BrN6O2/c1-19(2,3)28-18(27)24(4)10-7-21-14-5-8-25(9-6-14)15-11-22-17-16(20)12-23-26(17)13-15/h11-14,21H,5-10H2,1-4H3. The van der Waals surface area contributed by atoms with Gasteiger partial charge in [0.1, 0.15) is 5.60 Å². The lowest BCUT2D eigenvalue weighted by atomic mass is 10.0. The largest absolute Gasteiger partial charge is 0.444 e. The van der Waals surface area contributed by atoms with Crippen LogP contribution in [0.3, 0.4) is 0 Å². The molecule has 154 valence electrons. The van der Waals surface area contributed by atoms with E-state index in [1.165, 1.54) is 0 Å². The Kier molecular flexibility index (Phi) is 6.44. The highest BCUT2D eigenvalue weighted by atomic mass is 79.9. The first-order valence-electron chi connectivity index (χ1n) is 9.64. The summed E-state index contributed by atoms with van der Waals surface area (Å²) < 4.78 is 8.08. The number of carbonyl (C=O) groups is 1. The molecule has 1 aliphatic rings. The number of hydrogen-bond donors (Lipinski definition) is 1. The van der Waals surface area contributed by atoms with Crippen molar-refractivity contribution in [3.8, 4) is 0 Å². The molecule has 1 aliphatic heterocycles. The fourth-order valence-corrected chi connectivity index (χ4v) is 3.58. The lowest BCUT2D eigenvalue weighted by Crippen LogP contribution is -2.45. The van der Waals surface area contributed by atoms with Crippen LogP contribution < -0.4 is 10.2 Å². The fourth-order valence-electron chi connectivity index (χ4n) is 3.21. The second-order valence-corrected chi connectivity index (χ2v) is 9.04. The predicted molar refractivity (Wildman–Crippen MR) is 113 cm³/mol. The molecule has 0 aliphatic carbocycles. The van der Waals surface area contributed by atoms with E-state index in [0.29, 0.717) is 12.6 Å². The van der Waals surface area contributed by atoms with Crippen molar-refractivity contribution in [2.75, 3.05) is 38.1 Å². The van der Waals surface area contributed by atoms with Crippen molar-refractivity contribution >= 4 is 33.4 Å². The number of hydrogen-bond acceptors (Lipinski definition) is 6. The second-order valence-electron chi connectivity index (χ2n) is 8.19. The van der Waals surface area contributed by atoms with E-state index in [1.54, 1.807) is 22.7 Å². The number of piperidine rings is 1. The van der Waals surface area contributed by atoms with E-state index in [1.807, 2.05) is 33.2 Å². The Morgan fingerprint density at radius 3 is 2.75 bits per heavy atom. The molecule has 0 bridgehead atoms. The zero-order valence-corrected chi connectivity index (χ0v) is 18.6. The van der Waals surface area contributed by atoms with Crippen LogP contribution in [0, 0.1) is 0 Å². The molecule has 0 atom stereocenters. The molecule has 1 amide bonds. The first-order valence-corrected chi connectivity index (χ1v) is 10.4. The second kappa shape index (κ2) is 8.65. The zero-order valence-electron chi connectivity index (χ0n) is 17.0. The summed E-state index contributed by atoms with van der Waals surface area (Å²) in [5.74, 6) is 0. The molecule has 9 heteroatoms. The molecule has 0 spiro atoms. The highest BCUT2D eigenvalue weighted by Crippen LogP contribution is 2.22. The SMILES string of the molecule is CN(CCNC1CCN(c2cnc3c(Br)cnn3c2)CC1)C(=O)OC(C)(C)C. The van der Waals surface area contributed by atoms with Gasteiger partial charge >= 0.3 is 6.09 Å². The smallest absolute Gasteiger partial charge is 0.410 e. The summed E-state index contributed by atoms with van der Waals surface area (Å²) in [5, 5.41) is 7.87. The minimum absolute atomic E-state index is 0.280. The van der Waals surface area contributed by atoms with Crippen LogP contribution in [-0.4, -0.2) is 70.5 Å². The van der Waals surface area contributed by atoms with Gasteiger partial charge in [-0.2, -0.15) is 5.10 Å². The van der Waals surface area contributed by atoms with E-state index in [0.717, 1.165) is 48.3 Å². The molecule has 28 heavy (non-hydrogen) atoms. The number of nitrogens with one attached hydrogen (secondary N) is 1. The fraction of sp³-hybridized carbons (Fsp3) is 0.632. The number of halogens is 1. The Labute approximate surface area is 174 Å².